The Balaban J connectivity index is 1.80. The molecule has 0 spiro atoms. The van der Waals surface area contributed by atoms with Crippen molar-refractivity contribution in [2.45, 2.75) is 24.9 Å². The van der Waals surface area contributed by atoms with Gasteiger partial charge in [-0.25, -0.2) is 0 Å². The molecule has 62 valence electrons. The molecule has 1 heteroatoms. The second kappa shape index (κ2) is 1.18. The lowest BCUT2D eigenvalue weighted by Gasteiger charge is -2.31. The van der Waals surface area contributed by atoms with Crippen molar-refractivity contribution < 1.29 is 5.11 Å². The minimum Gasteiger partial charge on any atom is -0.440 e. The average Bonchev–Trinajstić information content (AvgIpc) is 2.90. The van der Waals surface area contributed by atoms with Gasteiger partial charge in [0.05, 0.1) is 17.8 Å². The van der Waals surface area contributed by atoms with E-state index < -0.39 is 0 Å². The molecule has 6 atom stereocenters. The van der Waals surface area contributed by atoms with E-state index in [0.717, 1.165) is 35.5 Å². The van der Waals surface area contributed by atoms with Gasteiger partial charge in [-0.15, -0.1) is 0 Å². The van der Waals surface area contributed by atoms with Crippen LogP contribution in [0.3, 0.4) is 0 Å². The molecular formula is C11H14O+2. The first-order valence-electron chi connectivity index (χ1n) is 5.43. The molecule has 0 aliphatic heterocycles. The lowest BCUT2D eigenvalue weighted by atomic mass is 9.68. The summed E-state index contributed by atoms with van der Waals surface area (Å²) in [7, 11) is 0. The van der Waals surface area contributed by atoms with Crippen molar-refractivity contribution in [2.24, 2.45) is 35.5 Å². The third kappa shape index (κ3) is 0.335. The summed E-state index contributed by atoms with van der Waals surface area (Å²) < 4.78 is 0. The summed E-state index contributed by atoms with van der Waals surface area (Å²) >= 11 is 0. The number of rotatable bonds is 0. The summed E-state index contributed by atoms with van der Waals surface area (Å²) in [5, 5.41) is 8.64. The molecule has 12 heavy (non-hydrogen) atoms. The third-order valence-electron chi connectivity index (χ3n) is 5.50. The molecule has 0 heterocycles. The quantitative estimate of drug-likeness (QED) is 0.374. The van der Waals surface area contributed by atoms with Crippen LogP contribution in [0, 0.1) is 41.4 Å². The van der Waals surface area contributed by atoms with Crippen molar-refractivity contribution in [3.8, 4) is 0 Å². The second-order valence-electron chi connectivity index (χ2n) is 5.78. The van der Waals surface area contributed by atoms with Gasteiger partial charge in [-0.3, -0.25) is 0 Å². The van der Waals surface area contributed by atoms with Crippen LogP contribution in [-0.2, 0) is 0 Å². The van der Waals surface area contributed by atoms with E-state index in [4.69, 9.17) is 5.11 Å². The SMILES string of the molecule is [OH2+]C12C3CC3[C+](C3CC31)C1CC12. The van der Waals surface area contributed by atoms with Crippen molar-refractivity contribution in [1.29, 1.82) is 0 Å². The Morgan fingerprint density at radius 1 is 0.917 bits per heavy atom. The smallest absolute Gasteiger partial charge is 0.185 e. The molecule has 6 rings (SSSR count). The summed E-state index contributed by atoms with van der Waals surface area (Å²) in [6.07, 6.45) is 4.25. The summed E-state index contributed by atoms with van der Waals surface area (Å²) in [6.45, 7) is 0. The fourth-order valence-electron chi connectivity index (χ4n) is 4.92. The highest BCUT2D eigenvalue weighted by atomic mass is 16.3. The first-order valence-corrected chi connectivity index (χ1v) is 5.43. The van der Waals surface area contributed by atoms with E-state index in [9.17, 15) is 0 Å². The molecule has 6 saturated carbocycles. The van der Waals surface area contributed by atoms with Crippen LogP contribution in [0.15, 0.2) is 0 Å². The zero-order valence-electron chi connectivity index (χ0n) is 7.09. The Morgan fingerprint density at radius 3 is 1.75 bits per heavy atom. The van der Waals surface area contributed by atoms with E-state index in [1.165, 1.54) is 19.3 Å². The van der Waals surface area contributed by atoms with Gasteiger partial charge in [-0.2, -0.15) is 0 Å². The summed E-state index contributed by atoms with van der Waals surface area (Å²) in [6, 6.07) is 0. The highest BCUT2D eigenvalue weighted by Crippen LogP contribution is 2.85. The molecule has 6 aliphatic rings. The summed E-state index contributed by atoms with van der Waals surface area (Å²) in [4.78, 5) is 0. The largest absolute Gasteiger partial charge is 0.440 e. The Morgan fingerprint density at radius 2 is 1.33 bits per heavy atom. The van der Waals surface area contributed by atoms with Crippen LogP contribution in [-0.4, -0.2) is 10.7 Å². The van der Waals surface area contributed by atoms with Crippen molar-refractivity contribution in [3.63, 3.8) is 0 Å². The van der Waals surface area contributed by atoms with Crippen LogP contribution >= 0.6 is 0 Å². The predicted octanol–water partition coefficient (Wildman–Crippen LogP) is 0.960. The number of hydrogen-bond donors (Lipinski definition) is 0. The van der Waals surface area contributed by atoms with E-state index in [1.54, 1.807) is 0 Å². The van der Waals surface area contributed by atoms with Crippen molar-refractivity contribution in [1.82, 2.24) is 0 Å². The zero-order chi connectivity index (χ0) is 7.66. The minimum atomic E-state index is 0.113. The van der Waals surface area contributed by atoms with Crippen LogP contribution in [0.4, 0.5) is 0 Å². The molecule has 0 aromatic carbocycles. The monoisotopic (exact) mass is 162 g/mol. The van der Waals surface area contributed by atoms with E-state index >= 15 is 0 Å². The molecular weight excluding hydrogens is 148 g/mol. The van der Waals surface area contributed by atoms with Gasteiger partial charge in [0.15, 0.2) is 5.60 Å². The molecule has 1 nitrogen and oxygen atoms in total. The standard InChI is InChI=1S/C11H13O/c12-11-7-1-4(7)10(5-2-8(5)11)6-3-9(6)11/h4-9,12H,1-3H2/q+1/p+1. The number of hydrogen-bond acceptors (Lipinski definition) is 0. The van der Waals surface area contributed by atoms with Crippen molar-refractivity contribution in [3.05, 3.63) is 5.92 Å². The fraction of sp³-hybridized carbons (Fsp3) is 0.909. The molecule has 0 saturated heterocycles. The Kier molecular flexibility index (Phi) is 0.543. The maximum Gasteiger partial charge on any atom is 0.185 e. The molecule has 0 aromatic rings. The normalized spacial score (nSPS) is 79.2. The summed E-state index contributed by atoms with van der Waals surface area (Å²) in [5.41, 5.74) is 0.113. The molecule has 2 bridgehead atoms. The van der Waals surface area contributed by atoms with E-state index in [0.29, 0.717) is 0 Å². The van der Waals surface area contributed by atoms with Crippen molar-refractivity contribution >= 4 is 0 Å². The molecule has 2 N–H and O–H groups in total. The van der Waals surface area contributed by atoms with Gasteiger partial charge in [0.1, 0.15) is 23.7 Å². The average molecular weight is 162 g/mol. The van der Waals surface area contributed by atoms with Gasteiger partial charge in [-0.1, -0.05) is 0 Å². The van der Waals surface area contributed by atoms with Gasteiger partial charge >= 0.3 is 0 Å². The third-order valence-corrected chi connectivity index (χ3v) is 5.50. The Labute approximate surface area is 72.2 Å². The zero-order valence-corrected chi connectivity index (χ0v) is 7.09. The summed E-state index contributed by atoms with van der Waals surface area (Å²) in [5.74, 6) is 7.42. The van der Waals surface area contributed by atoms with Gasteiger partial charge in [0, 0.05) is 19.3 Å². The molecule has 0 aromatic heterocycles. The van der Waals surface area contributed by atoms with Crippen LogP contribution in [0.2, 0.25) is 0 Å². The maximum absolute atomic E-state index is 8.64. The van der Waals surface area contributed by atoms with Crippen LogP contribution in [0.1, 0.15) is 19.3 Å². The van der Waals surface area contributed by atoms with E-state index in [2.05, 4.69) is 0 Å². The molecule has 0 radical (unpaired) electrons. The fourth-order valence-corrected chi connectivity index (χ4v) is 4.92. The first kappa shape index (κ1) is 5.54. The Hall–Kier alpha value is -0.170. The highest BCUT2D eigenvalue weighted by Gasteiger charge is 2.94. The van der Waals surface area contributed by atoms with Gasteiger partial charge in [0.2, 0.25) is 0 Å². The topological polar surface area (TPSA) is 22.9 Å². The first-order chi connectivity index (χ1) is 5.82. The Bertz CT molecular complexity index is 252. The van der Waals surface area contributed by atoms with Crippen LogP contribution in [0.5, 0.6) is 0 Å². The lowest BCUT2D eigenvalue weighted by molar-refractivity contribution is -0.0630. The predicted molar refractivity (Wildman–Crippen MR) is 44.4 cm³/mol. The van der Waals surface area contributed by atoms with E-state index in [-0.39, 0.29) is 5.60 Å². The highest BCUT2D eigenvalue weighted by molar-refractivity contribution is 5.43. The van der Waals surface area contributed by atoms with Crippen LogP contribution in [0.25, 0.3) is 0 Å². The molecule has 6 aliphatic carbocycles. The van der Waals surface area contributed by atoms with Gasteiger partial charge in [-0.05, 0) is 0 Å². The molecule has 6 fully saturated rings. The molecule has 0 amide bonds. The van der Waals surface area contributed by atoms with E-state index in [1.807, 2.05) is 5.92 Å². The second-order valence-corrected chi connectivity index (χ2v) is 5.78. The van der Waals surface area contributed by atoms with Crippen LogP contribution < -0.4 is 0 Å². The molecule has 6 unspecified atom stereocenters. The minimum absolute atomic E-state index is 0.113. The van der Waals surface area contributed by atoms with Gasteiger partial charge in [0.25, 0.3) is 0 Å². The maximum atomic E-state index is 8.64. The van der Waals surface area contributed by atoms with Gasteiger partial charge < -0.3 is 5.11 Å². The van der Waals surface area contributed by atoms with Crippen molar-refractivity contribution in [2.75, 3.05) is 0 Å². The lowest BCUT2D eigenvalue weighted by Crippen LogP contribution is -2.47.